The van der Waals surface area contributed by atoms with Crippen molar-refractivity contribution in [2.24, 2.45) is 0 Å². The summed E-state index contributed by atoms with van der Waals surface area (Å²) in [6, 6.07) is 1.62. The third-order valence-electron chi connectivity index (χ3n) is 4.36. The molecule has 26 heavy (non-hydrogen) atoms. The highest BCUT2D eigenvalue weighted by atomic mass is 19.1. The predicted molar refractivity (Wildman–Crippen MR) is 91.9 cm³/mol. The largest absolute Gasteiger partial charge is 0.460 e. The minimum atomic E-state index is -0.835. The van der Waals surface area contributed by atoms with Crippen LogP contribution in [0.15, 0.2) is 22.8 Å². The Labute approximate surface area is 149 Å². The number of fused-ring (bicyclic) bond motifs is 1. The minimum Gasteiger partial charge on any atom is -0.460 e. The summed E-state index contributed by atoms with van der Waals surface area (Å²) < 4.78 is 32.3. The van der Waals surface area contributed by atoms with Gasteiger partial charge >= 0.3 is 6.03 Å². The van der Waals surface area contributed by atoms with Crippen LogP contribution in [0.3, 0.4) is 0 Å². The van der Waals surface area contributed by atoms with Crippen molar-refractivity contribution >= 4 is 22.9 Å². The number of nitrogens with zero attached hydrogens (tertiary/aromatic N) is 1. The predicted octanol–water partition coefficient (Wildman–Crippen LogP) is 3.02. The van der Waals surface area contributed by atoms with E-state index in [4.69, 9.17) is 4.42 Å². The number of amides is 3. The summed E-state index contributed by atoms with van der Waals surface area (Å²) in [6.45, 7) is 4.63. The van der Waals surface area contributed by atoms with Crippen LogP contribution in [0, 0.1) is 11.6 Å². The van der Waals surface area contributed by atoms with Gasteiger partial charge in [0.2, 0.25) is 0 Å². The Morgan fingerprint density at radius 1 is 1.23 bits per heavy atom. The smallest absolute Gasteiger partial charge is 0.315 e. The molecular formula is C18H21F2N3O3. The molecule has 3 amide bonds. The van der Waals surface area contributed by atoms with Gasteiger partial charge < -0.3 is 20.0 Å². The SMILES string of the molecule is CC(C)NC(=O)NC1CCN(C(=O)c2coc3c(F)cc(F)cc23)CC1. The van der Waals surface area contributed by atoms with E-state index in [1.54, 1.807) is 4.90 Å². The molecular weight excluding hydrogens is 344 g/mol. The highest BCUT2D eigenvalue weighted by Gasteiger charge is 2.27. The van der Waals surface area contributed by atoms with E-state index in [0.29, 0.717) is 25.9 Å². The lowest BCUT2D eigenvalue weighted by atomic mass is 10.0. The van der Waals surface area contributed by atoms with Crippen molar-refractivity contribution in [2.45, 2.75) is 38.8 Å². The quantitative estimate of drug-likeness (QED) is 0.878. The first kappa shape index (κ1) is 18.2. The molecule has 0 bridgehead atoms. The van der Waals surface area contributed by atoms with E-state index in [-0.39, 0.29) is 40.6 Å². The van der Waals surface area contributed by atoms with Crippen LogP contribution in [-0.2, 0) is 0 Å². The molecule has 2 aromatic rings. The zero-order chi connectivity index (χ0) is 18.8. The lowest BCUT2D eigenvalue weighted by molar-refractivity contribution is 0.0709. The highest BCUT2D eigenvalue weighted by Crippen LogP contribution is 2.27. The van der Waals surface area contributed by atoms with Gasteiger partial charge in [0.15, 0.2) is 11.4 Å². The van der Waals surface area contributed by atoms with Gasteiger partial charge in [-0.05, 0) is 32.8 Å². The summed E-state index contributed by atoms with van der Waals surface area (Å²) in [5.41, 5.74) is 0.0130. The molecule has 0 atom stereocenters. The molecule has 1 aliphatic rings. The fourth-order valence-corrected chi connectivity index (χ4v) is 3.11. The number of carbonyl (C=O) groups excluding carboxylic acids is 2. The highest BCUT2D eigenvalue weighted by molar-refractivity contribution is 6.06. The zero-order valence-electron chi connectivity index (χ0n) is 14.6. The number of hydrogen-bond donors (Lipinski definition) is 2. The summed E-state index contributed by atoms with van der Waals surface area (Å²) in [5, 5.41) is 5.78. The first-order valence-corrected chi connectivity index (χ1v) is 8.57. The average Bonchev–Trinajstić information content (AvgIpc) is 2.98. The van der Waals surface area contributed by atoms with Crippen LogP contribution in [-0.4, -0.2) is 42.0 Å². The summed E-state index contributed by atoms with van der Waals surface area (Å²) in [4.78, 5) is 26.0. The maximum Gasteiger partial charge on any atom is 0.315 e. The Morgan fingerprint density at radius 3 is 2.58 bits per heavy atom. The Morgan fingerprint density at radius 2 is 1.92 bits per heavy atom. The topological polar surface area (TPSA) is 74.6 Å². The Bertz CT molecular complexity index is 826. The molecule has 0 spiro atoms. The minimum absolute atomic E-state index is 0.0196. The maximum atomic E-state index is 13.7. The van der Waals surface area contributed by atoms with E-state index in [1.807, 2.05) is 13.8 Å². The third-order valence-corrected chi connectivity index (χ3v) is 4.36. The lowest BCUT2D eigenvalue weighted by Gasteiger charge is -2.32. The molecule has 1 fully saturated rings. The van der Waals surface area contributed by atoms with Crippen molar-refractivity contribution in [2.75, 3.05) is 13.1 Å². The van der Waals surface area contributed by atoms with E-state index >= 15 is 0 Å². The molecule has 1 aromatic heterocycles. The van der Waals surface area contributed by atoms with Crippen molar-refractivity contribution in [1.82, 2.24) is 15.5 Å². The van der Waals surface area contributed by atoms with E-state index < -0.39 is 11.6 Å². The monoisotopic (exact) mass is 365 g/mol. The van der Waals surface area contributed by atoms with E-state index in [9.17, 15) is 18.4 Å². The molecule has 0 radical (unpaired) electrons. The third kappa shape index (κ3) is 3.79. The summed E-state index contributed by atoms with van der Waals surface area (Å²) >= 11 is 0. The summed E-state index contributed by atoms with van der Waals surface area (Å²) in [7, 11) is 0. The standard InChI is InChI=1S/C18H21F2N3O3/c1-10(2)21-18(25)22-12-3-5-23(6-4-12)17(24)14-9-26-16-13(14)7-11(19)8-15(16)20/h7-10,12H,3-6H2,1-2H3,(H2,21,22,25). The molecule has 1 aliphatic heterocycles. The molecule has 2 N–H and O–H groups in total. The van der Waals surface area contributed by atoms with E-state index in [1.165, 1.54) is 0 Å². The number of likely N-dealkylation sites (tertiary alicyclic amines) is 1. The number of hydrogen-bond acceptors (Lipinski definition) is 3. The molecule has 1 saturated heterocycles. The summed E-state index contributed by atoms with van der Waals surface area (Å²) in [5.74, 6) is -1.93. The number of nitrogens with one attached hydrogen (secondary N) is 2. The number of rotatable bonds is 3. The number of benzene rings is 1. The van der Waals surface area contributed by atoms with Crippen molar-refractivity contribution in [3.05, 3.63) is 35.6 Å². The second kappa shape index (κ2) is 7.31. The van der Waals surface area contributed by atoms with Crippen LogP contribution in [0.1, 0.15) is 37.0 Å². The van der Waals surface area contributed by atoms with Gasteiger partial charge in [0.05, 0.1) is 5.56 Å². The number of urea groups is 1. The molecule has 1 aromatic carbocycles. The number of furan rings is 1. The summed E-state index contributed by atoms with van der Waals surface area (Å²) in [6.07, 6.45) is 2.38. The Balaban J connectivity index is 1.65. The first-order valence-electron chi connectivity index (χ1n) is 8.57. The van der Waals surface area contributed by atoms with Crippen LogP contribution in [0.4, 0.5) is 13.6 Å². The van der Waals surface area contributed by atoms with Gasteiger partial charge in [-0.2, -0.15) is 0 Å². The fraction of sp³-hybridized carbons (Fsp3) is 0.444. The van der Waals surface area contributed by atoms with E-state index in [2.05, 4.69) is 10.6 Å². The van der Waals surface area contributed by atoms with Gasteiger partial charge in [0.1, 0.15) is 12.1 Å². The van der Waals surface area contributed by atoms with Gasteiger partial charge in [-0.25, -0.2) is 13.6 Å². The Hall–Kier alpha value is -2.64. The van der Waals surface area contributed by atoms with Gasteiger partial charge in [0.25, 0.3) is 5.91 Å². The second-order valence-corrected chi connectivity index (χ2v) is 6.75. The number of halogens is 2. The van der Waals surface area contributed by atoms with Crippen molar-refractivity contribution in [1.29, 1.82) is 0 Å². The van der Waals surface area contributed by atoms with Gasteiger partial charge in [-0.15, -0.1) is 0 Å². The van der Waals surface area contributed by atoms with Crippen LogP contribution < -0.4 is 10.6 Å². The molecule has 0 aliphatic carbocycles. The van der Waals surface area contributed by atoms with Crippen LogP contribution >= 0.6 is 0 Å². The average molecular weight is 365 g/mol. The van der Waals surface area contributed by atoms with Crippen molar-refractivity contribution in [3.63, 3.8) is 0 Å². The lowest BCUT2D eigenvalue weighted by Crippen LogP contribution is -2.50. The van der Waals surface area contributed by atoms with Crippen LogP contribution in [0.5, 0.6) is 0 Å². The van der Waals surface area contributed by atoms with Crippen LogP contribution in [0.25, 0.3) is 11.0 Å². The normalized spacial score (nSPS) is 15.5. The number of piperidine rings is 1. The molecule has 140 valence electrons. The molecule has 2 heterocycles. The van der Waals surface area contributed by atoms with E-state index in [0.717, 1.165) is 18.4 Å². The molecule has 0 unspecified atom stereocenters. The van der Waals surface area contributed by atoms with Gasteiger partial charge in [-0.3, -0.25) is 4.79 Å². The van der Waals surface area contributed by atoms with Crippen LogP contribution in [0.2, 0.25) is 0 Å². The van der Waals surface area contributed by atoms with Gasteiger partial charge in [0, 0.05) is 36.6 Å². The Kier molecular flexibility index (Phi) is 5.11. The van der Waals surface area contributed by atoms with Crippen molar-refractivity contribution in [3.8, 4) is 0 Å². The molecule has 0 saturated carbocycles. The maximum absolute atomic E-state index is 13.7. The van der Waals surface area contributed by atoms with Crippen molar-refractivity contribution < 1.29 is 22.8 Å². The molecule has 8 heteroatoms. The fourth-order valence-electron chi connectivity index (χ4n) is 3.11. The van der Waals surface area contributed by atoms with Gasteiger partial charge in [-0.1, -0.05) is 0 Å². The first-order chi connectivity index (χ1) is 12.3. The molecule has 6 nitrogen and oxygen atoms in total. The second-order valence-electron chi connectivity index (χ2n) is 6.75. The zero-order valence-corrected chi connectivity index (χ0v) is 14.6. The molecule has 3 rings (SSSR count). The number of carbonyl (C=O) groups is 2.